The second kappa shape index (κ2) is 10.5. The Bertz CT molecular complexity index is 1450. The smallest absolute Gasteiger partial charge is 0.255 e. The van der Waals surface area contributed by atoms with E-state index in [1.54, 1.807) is 24.4 Å². The third-order valence-corrected chi connectivity index (χ3v) is 10.2. The first-order chi connectivity index (χ1) is 17.8. The minimum Gasteiger partial charge on any atom is -0.324 e. The third kappa shape index (κ3) is 5.16. The number of fused-ring (bicyclic) bond motifs is 1. The van der Waals surface area contributed by atoms with Crippen LogP contribution in [0.5, 0.6) is 0 Å². The molecule has 2 aliphatic rings. The maximum absolute atomic E-state index is 13.3. The van der Waals surface area contributed by atoms with Gasteiger partial charge in [0.25, 0.3) is 5.56 Å². The molecular formula is C28H37N5O3S. The van der Waals surface area contributed by atoms with Gasteiger partial charge in [0, 0.05) is 28.9 Å². The van der Waals surface area contributed by atoms with Crippen LogP contribution in [0.15, 0.2) is 40.2 Å². The fraction of sp³-hybridized carbons (Fsp3) is 0.536. The topological polar surface area (TPSA) is 97.2 Å². The number of aryl methyl sites for hydroxylation is 2. The molecule has 1 saturated heterocycles. The van der Waals surface area contributed by atoms with Crippen molar-refractivity contribution in [2.45, 2.75) is 81.9 Å². The molecule has 2 fully saturated rings. The van der Waals surface area contributed by atoms with Crippen LogP contribution in [0, 0.1) is 13.8 Å². The molecule has 0 amide bonds. The lowest BCUT2D eigenvalue weighted by Crippen LogP contribution is -2.39. The number of nitrogens with zero attached hydrogens (tertiary/aromatic N) is 4. The first-order valence-corrected chi connectivity index (χ1v) is 15.1. The molecule has 5 rings (SSSR count). The number of hydrogen-bond acceptors (Lipinski definition) is 7. The Morgan fingerprint density at radius 1 is 1.03 bits per heavy atom. The van der Waals surface area contributed by atoms with E-state index in [2.05, 4.69) is 22.1 Å². The van der Waals surface area contributed by atoms with Gasteiger partial charge in [-0.05, 0) is 95.4 Å². The van der Waals surface area contributed by atoms with E-state index < -0.39 is 9.84 Å². The van der Waals surface area contributed by atoms with E-state index in [9.17, 15) is 13.2 Å². The molecule has 1 aliphatic carbocycles. The Morgan fingerprint density at radius 3 is 2.43 bits per heavy atom. The number of pyridine rings is 1. The Hall–Kier alpha value is -2.78. The van der Waals surface area contributed by atoms with Crippen molar-refractivity contribution in [2.75, 3.05) is 25.0 Å². The minimum absolute atomic E-state index is 0.00955. The Balaban J connectivity index is 1.39. The molecule has 1 saturated carbocycles. The zero-order valence-corrected chi connectivity index (χ0v) is 22.9. The summed E-state index contributed by atoms with van der Waals surface area (Å²) < 4.78 is 28.5. The molecule has 3 heterocycles. The molecule has 1 N–H and O–H groups in total. The van der Waals surface area contributed by atoms with Crippen LogP contribution < -0.4 is 10.9 Å². The van der Waals surface area contributed by atoms with E-state index in [0.29, 0.717) is 34.9 Å². The van der Waals surface area contributed by atoms with Crippen molar-refractivity contribution in [1.82, 2.24) is 19.4 Å². The number of rotatable bonds is 7. The molecular weight excluding hydrogens is 486 g/mol. The zero-order valence-electron chi connectivity index (χ0n) is 22.0. The van der Waals surface area contributed by atoms with E-state index in [1.165, 1.54) is 0 Å². The van der Waals surface area contributed by atoms with E-state index in [-0.39, 0.29) is 16.9 Å². The van der Waals surface area contributed by atoms with Gasteiger partial charge in [-0.15, -0.1) is 0 Å². The van der Waals surface area contributed by atoms with Gasteiger partial charge in [0.05, 0.1) is 10.1 Å². The predicted octanol–water partition coefficient (Wildman–Crippen LogP) is 4.92. The molecule has 0 atom stereocenters. The van der Waals surface area contributed by atoms with Gasteiger partial charge in [-0.1, -0.05) is 19.8 Å². The van der Waals surface area contributed by atoms with Gasteiger partial charge in [-0.3, -0.25) is 9.36 Å². The molecule has 198 valence electrons. The minimum atomic E-state index is -3.39. The molecule has 1 aromatic carbocycles. The zero-order chi connectivity index (χ0) is 26.2. The standard InChI is InChI=1S/C28H37N5O3S/c1-4-13-32-14-11-23(12-15-32)37(35,36)24-9-10-25(19(2)17-24)30-28-29-18-21-16-20(3)27(34)33(26(21)31-28)22-7-5-6-8-22/h9-10,16-18,22-23H,4-8,11-15H2,1-3H3,(H,29,30,31). The van der Waals surface area contributed by atoms with E-state index in [1.807, 2.05) is 24.5 Å². The summed E-state index contributed by atoms with van der Waals surface area (Å²) in [5.41, 5.74) is 2.91. The second-order valence-corrected chi connectivity index (χ2v) is 12.8. The van der Waals surface area contributed by atoms with Gasteiger partial charge in [0.2, 0.25) is 5.95 Å². The van der Waals surface area contributed by atoms with Gasteiger partial charge < -0.3 is 10.2 Å². The van der Waals surface area contributed by atoms with Gasteiger partial charge in [0.1, 0.15) is 5.65 Å². The Morgan fingerprint density at radius 2 is 1.76 bits per heavy atom. The lowest BCUT2D eigenvalue weighted by Gasteiger charge is -2.31. The molecule has 3 aromatic rings. The summed E-state index contributed by atoms with van der Waals surface area (Å²) >= 11 is 0. The molecule has 0 radical (unpaired) electrons. The lowest BCUT2D eigenvalue weighted by atomic mass is 10.1. The van der Waals surface area contributed by atoms with Gasteiger partial charge in [-0.25, -0.2) is 13.4 Å². The first kappa shape index (κ1) is 25.9. The van der Waals surface area contributed by atoms with E-state index >= 15 is 0 Å². The normalized spacial score (nSPS) is 18.0. The molecule has 37 heavy (non-hydrogen) atoms. The third-order valence-electron chi connectivity index (χ3n) is 7.93. The van der Waals surface area contributed by atoms with Crippen molar-refractivity contribution in [2.24, 2.45) is 0 Å². The van der Waals surface area contributed by atoms with Gasteiger partial charge >= 0.3 is 0 Å². The highest BCUT2D eigenvalue weighted by Gasteiger charge is 2.31. The number of anilines is 2. The summed E-state index contributed by atoms with van der Waals surface area (Å²) in [4.78, 5) is 25.0. The highest BCUT2D eigenvalue weighted by atomic mass is 32.2. The number of aromatic nitrogens is 3. The van der Waals surface area contributed by atoms with Crippen molar-refractivity contribution in [3.8, 4) is 0 Å². The summed E-state index contributed by atoms with van der Waals surface area (Å²) in [6, 6.07) is 7.24. The largest absolute Gasteiger partial charge is 0.324 e. The summed E-state index contributed by atoms with van der Waals surface area (Å²) in [7, 11) is -3.39. The maximum atomic E-state index is 13.3. The van der Waals surface area contributed by atoms with Crippen molar-refractivity contribution in [3.63, 3.8) is 0 Å². The summed E-state index contributed by atoms with van der Waals surface area (Å²) in [6.45, 7) is 8.58. The fourth-order valence-corrected chi connectivity index (χ4v) is 7.66. The number of likely N-dealkylation sites (tertiary alicyclic amines) is 1. The predicted molar refractivity (Wildman–Crippen MR) is 147 cm³/mol. The van der Waals surface area contributed by atoms with E-state index in [0.717, 1.165) is 68.4 Å². The monoisotopic (exact) mass is 523 g/mol. The summed E-state index contributed by atoms with van der Waals surface area (Å²) in [5, 5.41) is 3.77. The van der Waals surface area contributed by atoms with Crippen LogP contribution in [0.4, 0.5) is 11.6 Å². The molecule has 1 aliphatic heterocycles. The second-order valence-electron chi connectivity index (χ2n) is 10.6. The number of benzene rings is 1. The number of piperidine rings is 1. The van der Waals surface area contributed by atoms with Crippen LogP contribution in [0.3, 0.4) is 0 Å². The SMILES string of the molecule is CCCN1CCC(S(=O)(=O)c2ccc(Nc3ncc4cc(C)c(=O)n(C5CCCC5)c4n3)c(C)c2)CC1. The molecule has 9 heteroatoms. The Kier molecular flexibility index (Phi) is 7.36. The Labute approximate surface area is 219 Å². The van der Waals surface area contributed by atoms with Crippen LogP contribution in [0.2, 0.25) is 0 Å². The van der Waals surface area contributed by atoms with E-state index in [4.69, 9.17) is 4.98 Å². The van der Waals surface area contributed by atoms with Crippen LogP contribution in [0.1, 0.15) is 69.0 Å². The van der Waals surface area contributed by atoms with Crippen LogP contribution in [0.25, 0.3) is 11.0 Å². The average Bonchev–Trinajstić information content (AvgIpc) is 3.41. The van der Waals surface area contributed by atoms with Crippen molar-refractivity contribution < 1.29 is 8.42 Å². The number of nitrogens with one attached hydrogen (secondary N) is 1. The molecule has 8 nitrogen and oxygen atoms in total. The van der Waals surface area contributed by atoms with Crippen molar-refractivity contribution in [3.05, 3.63) is 51.9 Å². The highest BCUT2D eigenvalue weighted by molar-refractivity contribution is 7.92. The average molecular weight is 524 g/mol. The highest BCUT2D eigenvalue weighted by Crippen LogP contribution is 2.32. The molecule has 0 unspecified atom stereocenters. The molecule has 2 aromatic heterocycles. The first-order valence-electron chi connectivity index (χ1n) is 13.5. The number of sulfone groups is 1. The number of hydrogen-bond donors (Lipinski definition) is 1. The van der Waals surface area contributed by atoms with Gasteiger partial charge in [0.15, 0.2) is 9.84 Å². The summed E-state index contributed by atoms with van der Waals surface area (Å²) in [5.74, 6) is 0.393. The van der Waals surface area contributed by atoms with Gasteiger partial charge in [-0.2, -0.15) is 4.98 Å². The lowest BCUT2D eigenvalue weighted by molar-refractivity contribution is 0.230. The molecule has 0 bridgehead atoms. The summed E-state index contributed by atoms with van der Waals surface area (Å²) in [6.07, 6.45) is 8.40. The van der Waals surface area contributed by atoms with Crippen molar-refractivity contribution >= 4 is 32.5 Å². The maximum Gasteiger partial charge on any atom is 0.255 e. The molecule has 0 spiro atoms. The van der Waals surface area contributed by atoms with Crippen molar-refractivity contribution in [1.29, 1.82) is 0 Å². The van der Waals surface area contributed by atoms with Crippen LogP contribution in [-0.4, -0.2) is 52.7 Å². The van der Waals surface area contributed by atoms with Crippen LogP contribution >= 0.6 is 0 Å². The quantitative estimate of drug-likeness (QED) is 0.470. The fourth-order valence-electron chi connectivity index (χ4n) is 5.85. The van der Waals surface area contributed by atoms with Crippen LogP contribution in [-0.2, 0) is 9.84 Å².